The normalized spacial score (nSPS) is 10.1. The highest BCUT2D eigenvalue weighted by Gasteiger charge is 2.16. The summed E-state index contributed by atoms with van der Waals surface area (Å²) in [6.45, 7) is 0.00222. The van der Waals surface area contributed by atoms with Crippen molar-refractivity contribution in [3.8, 4) is 5.75 Å². The number of nitro benzene ring substituents is 1. The molecule has 0 saturated carbocycles. The van der Waals surface area contributed by atoms with E-state index in [-0.39, 0.29) is 28.1 Å². The highest BCUT2D eigenvalue weighted by atomic mass is 79.9. The number of aromatic carboxylic acids is 1. The minimum Gasteiger partial charge on any atom is -0.487 e. The third-order valence-corrected chi connectivity index (χ3v) is 3.57. The predicted octanol–water partition coefficient (Wildman–Crippen LogP) is 3.63. The number of rotatable bonds is 5. The van der Waals surface area contributed by atoms with E-state index in [9.17, 15) is 14.9 Å². The zero-order chi connectivity index (χ0) is 15.4. The van der Waals surface area contributed by atoms with Crippen LogP contribution < -0.4 is 4.74 Å². The molecule has 0 spiro atoms. The van der Waals surface area contributed by atoms with Crippen molar-refractivity contribution in [3.05, 3.63) is 68.2 Å². The Morgan fingerprint density at radius 2 is 1.95 bits per heavy atom. The molecule has 0 aliphatic carbocycles. The first-order chi connectivity index (χ1) is 10.0. The molecule has 0 atom stereocenters. The molecule has 7 heteroatoms. The summed E-state index contributed by atoms with van der Waals surface area (Å²) in [6.07, 6.45) is 0. The van der Waals surface area contributed by atoms with E-state index in [1.165, 1.54) is 18.2 Å². The van der Waals surface area contributed by atoms with Gasteiger partial charge in [-0.3, -0.25) is 10.1 Å². The standard InChI is InChI=1S/C14H10BrNO5/c15-13-11(16(19)20)6-3-7-12(13)21-8-9-4-1-2-5-10(9)14(17)18/h1-7H,8H2,(H,17,18). The van der Waals surface area contributed by atoms with Crippen LogP contribution in [0.5, 0.6) is 5.75 Å². The largest absolute Gasteiger partial charge is 0.487 e. The minimum atomic E-state index is -1.05. The van der Waals surface area contributed by atoms with Gasteiger partial charge in [-0.15, -0.1) is 0 Å². The molecule has 6 nitrogen and oxygen atoms in total. The van der Waals surface area contributed by atoms with Gasteiger partial charge in [0.15, 0.2) is 0 Å². The second-order valence-electron chi connectivity index (χ2n) is 4.10. The molecule has 0 aromatic heterocycles. The van der Waals surface area contributed by atoms with Gasteiger partial charge in [-0.05, 0) is 28.1 Å². The summed E-state index contributed by atoms with van der Waals surface area (Å²) in [5.74, 6) is -0.767. The Hall–Kier alpha value is -2.41. The van der Waals surface area contributed by atoms with Gasteiger partial charge < -0.3 is 9.84 Å². The minimum absolute atomic E-state index is 0.00222. The fraction of sp³-hybridized carbons (Fsp3) is 0.0714. The number of benzene rings is 2. The molecule has 21 heavy (non-hydrogen) atoms. The Morgan fingerprint density at radius 3 is 2.62 bits per heavy atom. The van der Waals surface area contributed by atoms with E-state index in [2.05, 4.69) is 15.9 Å². The van der Waals surface area contributed by atoms with E-state index in [0.29, 0.717) is 5.56 Å². The van der Waals surface area contributed by atoms with Gasteiger partial charge in [0, 0.05) is 11.6 Å². The molecule has 0 fully saturated rings. The zero-order valence-corrected chi connectivity index (χ0v) is 12.2. The summed E-state index contributed by atoms with van der Waals surface area (Å²) in [4.78, 5) is 21.4. The van der Waals surface area contributed by atoms with Gasteiger partial charge in [0.2, 0.25) is 0 Å². The first-order valence-electron chi connectivity index (χ1n) is 5.87. The van der Waals surface area contributed by atoms with Crippen LogP contribution in [0.25, 0.3) is 0 Å². The molecule has 0 amide bonds. The van der Waals surface area contributed by atoms with Crippen molar-refractivity contribution < 1.29 is 19.6 Å². The molecule has 2 aromatic carbocycles. The molecule has 0 heterocycles. The topological polar surface area (TPSA) is 89.7 Å². The van der Waals surface area contributed by atoms with Crippen LogP contribution >= 0.6 is 15.9 Å². The molecule has 2 aromatic rings. The summed E-state index contributed by atoms with van der Waals surface area (Å²) >= 11 is 3.12. The van der Waals surface area contributed by atoms with Crippen molar-refractivity contribution >= 4 is 27.6 Å². The summed E-state index contributed by atoms with van der Waals surface area (Å²) in [7, 11) is 0. The average molecular weight is 352 g/mol. The lowest BCUT2D eigenvalue weighted by atomic mass is 10.1. The first kappa shape index (κ1) is 15.0. The number of hydrogen-bond donors (Lipinski definition) is 1. The van der Waals surface area contributed by atoms with E-state index in [0.717, 1.165) is 0 Å². The third-order valence-electron chi connectivity index (χ3n) is 2.77. The monoisotopic (exact) mass is 351 g/mol. The van der Waals surface area contributed by atoms with Crippen molar-refractivity contribution in [1.29, 1.82) is 0 Å². The SMILES string of the molecule is O=C(O)c1ccccc1COc1cccc([N+](=O)[O-])c1Br. The Labute approximate surface area is 128 Å². The second-order valence-corrected chi connectivity index (χ2v) is 4.89. The molecular formula is C14H10BrNO5. The van der Waals surface area contributed by atoms with Crippen LogP contribution in [0.15, 0.2) is 46.9 Å². The summed E-state index contributed by atoms with van der Waals surface area (Å²) in [6, 6.07) is 10.9. The average Bonchev–Trinajstić information content (AvgIpc) is 2.46. The van der Waals surface area contributed by atoms with Crippen LogP contribution in [0, 0.1) is 10.1 Å². The zero-order valence-electron chi connectivity index (χ0n) is 10.7. The second kappa shape index (κ2) is 6.36. The third kappa shape index (κ3) is 3.38. The van der Waals surface area contributed by atoms with E-state index in [1.54, 1.807) is 24.3 Å². The lowest BCUT2D eigenvalue weighted by Gasteiger charge is -2.10. The molecule has 2 rings (SSSR count). The van der Waals surface area contributed by atoms with Crippen molar-refractivity contribution in [2.45, 2.75) is 6.61 Å². The maximum atomic E-state index is 11.1. The van der Waals surface area contributed by atoms with E-state index >= 15 is 0 Å². The molecule has 0 radical (unpaired) electrons. The van der Waals surface area contributed by atoms with E-state index < -0.39 is 10.9 Å². The lowest BCUT2D eigenvalue weighted by molar-refractivity contribution is -0.385. The Balaban J connectivity index is 2.23. The van der Waals surface area contributed by atoms with Crippen LogP contribution in [0.1, 0.15) is 15.9 Å². The number of carbonyl (C=O) groups is 1. The quantitative estimate of drug-likeness (QED) is 0.656. The summed E-state index contributed by atoms with van der Waals surface area (Å²) < 4.78 is 5.71. The molecule has 1 N–H and O–H groups in total. The predicted molar refractivity (Wildman–Crippen MR) is 78.5 cm³/mol. The Bertz CT molecular complexity index is 702. The van der Waals surface area contributed by atoms with Crippen LogP contribution in [-0.4, -0.2) is 16.0 Å². The number of halogens is 1. The van der Waals surface area contributed by atoms with Crippen LogP contribution in [0.2, 0.25) is 0 Å². The number of hydrogen-bond acceptors (Lipinski definition) is 4. The molecule has 0 unspecified atom stereocenters. The van der Waals surface area contributed by atoms with Gasteiger partial charge in [0.05, 0.1) is 10.5 Å². The Morgan fingerprint density at radius 1 is 1.24 bits per heavy atom. The van der Waals surface area contributed by atoms with Gasteiger partial charge in [-0.1, -0.05) is 24.3 Å². The lowest BCUT2D eigenvalue weighted by Crippen LogP contribution is -2.05. The molecule has 0 aliphatic heterocycles. The van der Waals surface area contributed by atoms with Crippen molar-refractivity contribution in [3.63, 3.8) is 0 Å². The number of carboxylic acid groups (broad SMARTS) is 1. The molecular weight excluding hydrogens is 342 g/mol. The first-order valence-corrected chi connectivity index (χ1v) is 6.67. The summed E-state index contributed by atoms with van der Waals surface area (Å²) in [5, 5.41) is 19.9. The van der Waals surface area contributed by atoms with Gasteiger partial charge >= 0.3 is 5.97 Å². The van der Waals surface area contributed by atoms with Crippen LogP contribution in [-0.2, 0) is 6.61 Å². The van der Waals surface area contributed by atoms with Crippen molar-refractivity contribution in [2.75, 3.05) is 0 Å². The van der Waals surface area contributed by atoms with Gasteiger partial charge in [-0.25, -0.2) is 4.79 Å². The van der Waals surface area contributed by atoms with Gasteiger partial charge in [0.25, 0.3) is 5.69 Å². The molecule has 0 saturated heterocycles. The van der Waals surface area contributed by atoms with Gasteiger partial charge in [-0.2, -0.15) is 0 Å². The van der Waals surface area contributed by atoms with E-state index in [4.69, 9.17) is 9.84 Å². The Kier molecular flexibility index (Phi) is 4.54. The number of nitrogens with zero attached hydrogens (tertiary/aromatic N) is 1. The molecule has 108 valence electrons. The van der Waals surface area contributed by atoms with E-state index in [1.807, 2.05) is 0 Å². The fourth-order valence-corrected chi connectivity index (χ4v) is 2.29. The maximum absolute atomic E-state index is 11.1. The van der Waals surface area contributed by atoms with Crippen LogP contribution in [0.4, 0.5) is 5.69 Å². The number of nitro groups is 1. The highest BCUT2D eigenvalue weighted by Crippen LogP contribution is 2.34. The maximum Gasteiger partial charge on any atom is 0.336 e. The number of carboxylic acids is 1. The highest BCUT2D eigenvalue weighted by molar-refractivity contribution is 9.10. The van der Waals surface area contributed by atoms with Crippen molar-refractivity contribution in [1.82, 2.24) is 0 Å². The molecule has 0 aliphatic rings. The number of ether oxygens (including phenoxy) is 1. The van der Waals surface area contributed by atoms with Gasteiger partial charge in [0.1, 0.15) is 16.8 Å². The summed E-state index contributed by atoms with van der Waals surface area (Å²) in [5.41, 5.74) is 0.515. The van der Waals surface area contributed by atoms with Crippen molar-refractivity contribution in [2.24, 2.45) is 0 Å². The smallest absolute Gasteiger partial charge is 0.336 e. The molecule has 0 bridgehead atoms. The fourth-order valence-electron chi connectivity index (χ4n) is 1.76. The van der Waals surface area contributed by atoms with Crippen LogP contribution in [0.3, 0.4) is 0 Å².